The number of anilines is 1. The molecule has 0 spiro atoms. The number of hydrogen-bond acceptors (Lipinski definition) is 3. The molecule has 0 bridgehead atoms. The number of benzene rings is 1. The van der Waals surface area contributed by atoms with Crippen molar-refractivity contribution in [3.8, 4) is 0 Å². The smallest absolute Gasteiger partial charge is 0.191 e. The molecule has 0 saturated heterocycles. The molecule has 2 nitrogen and oxygen atoms in total. The van der Waals surface area contributed by atoms with Gasteiger partial charge in [0.15, 0.2) is 5.78 Å². The van der Waals surface area contributed by atoms with Gasteiger partial charge in [-0.1, -0.05) is 13.0 Å². The lowest BCUT2D eigenvalue weighted by molar-refractivity contribution is 0.100. The molecule has 2 rings (SSSR count). The molecule has 2 aromatic rings. The molecule has 0 unspecified atom stereocenters. The number of hydrogen-bond donors (Lipinski definition) is 0. The molecule has 0 fully saturated rings. The third-order valence-corrected chi connectivity index (χ3v) is 4.58. The number of nitrogens with zero attached hydrogens (tertiary/aromatic N) is 1. The number of rotatable bonds is 5. The molecule has 0 N–H and O–H groups in total. The van der Waals surface area contributed by atoms with Crippen molar-refractivity contribution >= 4 is 22.8 Å². The van der Waals surface area contributed by atoms with Crippen LogP contribution in [0.4, 0.5) is 5.69 Å². The average molecular weight is 287 g/mol. The van der Waals surface area contributed by atoms with Crippen molar-refractivity contribution < 1.29 is 4.79 Å². The summed E-state index contributed by atoms with van der Waals surface area (Å²) in [6.45, 7) is 6.70. The molecule has 0 aliphatic carbocycles. The summed E-state index contributed by atoms with van der Waals surface area (Å²) in [7, 11) is 1.97. The van der Waals surface area contributed by atoms with E-state index in [2.05, 4.69) is 45.0 Å². The lowest BCUT2D eigenvalue weighted by atomic mass is 10.1. The van der Waals surface area contributed by atoms with E-state index in [1.807, 2.05) is 18.0 Å². The van der Waals surface area contributed by atoms with Gasteiger partial charge in [-0.3, -0.25) is 4.79 Å². The third kappa shape index (κ3) is 3.48. The van der Waals surface area contributed by atoms with E-state index in [1.54, 1.807) is 11.3 Å². The van der Waals surface area contributed by atoms with Crippen LogP contribution in [0, 0.1) is 13.8 Å². The van der Waals surface area contributed by atoms with Gasteiger partial charge >= 0.3 is 0 Å². The van der Waals surface area contributed by atoms with Crippen LogP contribution in [0.5, 0.6) is 0 Å². The van der Waals surface area contributed by atoms with E-state index in [0.717, 1.165) is 17.0 Å². The predicted octanol–water partition coefficient (Wildman–Crippen LogP) is 4.25. The minimum atomic E-state index is 0.191. The number of thiophene rings is 1. The zero-order valence-electron chi connectivity index (χ0n) is 12.6. The summed E-state index contributed by atoms with van der Waals surface area (Å²) in [4.78, 5) is 16.4. The standard InChI is InChI=1S/C17H21NOS/c1-5-15-6-7-17(20-15)16(19)11-18(4)14-9-12(2)8-13(3)10-14/h6-10H,5,11H2,1-4H3. The van der Waals surface area contributed by atoms with Crippen molar-refractivity contribution in [2.75, 3.05) is 18.5 Å². The molecule has 20 heavy (non-hydrogen) atoms. The molecule has 0 saturated carbocycles. The third-order valence-electron chi connectivity index (χ3n) is 3.31. The first-order chi connectivity index (χ1) is 9.49. The van der Waals surface area contributed by atoms with Gasteiger partial charge in [-0.25, -0.2) is 0 Å². The predicted molar refractivity (Wildman–Crippen MR) is 87.2 cm³/mol. The quantitative estimate of drug-likeness (QED) is 0.766. The Balaban J connectivity index is 2.10. The van der Waals surface area contributed by atoms with Crippen LogP contribution in [0.15, 0.2) is 30.3 Å². The monoisotopic (exact) mass is 287 g/mol. The fourth-order valence-corrected chi connectivity index (χ4v) is 3.15. The van der Waals surface area contributed by atoms with Crippen LogP contribution in [-0.2, 0) is 6.42 Å². The highest BCUT2D eigenvalue weighted by Crippen LogP contribution is 2.20. The van der Waals surface area contributed by atoms with E-state index in [-0.39, 0.29) is 5.78 Å². The summed E-state index contributed by atoms with van der Waals surface area (Å²) in [5.41, 5.74) is 3.55. The fraction of sp³-hybridized carbons (Fsp3) is 0.353. The summed E-state index contributed by atoms with van der Waals surface area (Å²) in [5, 5.41) is 0. The number of carbonyl (C=O) groups excluding carboxylic acids is 1. The van der Waals surface area contributed by atoms with Crippen LogP contribution in [0.25, 0.3) is 0 Å². The van der Waals surface area contributed by atoms with Gasteiger partial charge in [0.1, 0.15) is 0 Å². The molecular formula is C17H21NOS. The Morgan fingerprint density at radius 2 is 1.80 bits per heavy atom. The Labute approximate surface area is 125 Å². The van der Waals surface area contributed by atoms with E-state index in [4.69, 9.17) is 0 Å². The molecule has 0 amide bonds. The summed E-state index contributed by atoms with van der Waals surface area (Å²) < 4.78 is 0. The van der Waals surface area contributed by atoms with E-state index >= 15 is 0 Å². The zero-order valence-corrected chi connectivity index (χ0v) is 13.4. The second kappa shape index (κ2) is 6.23. The average Bonchev–Trinajstić information content (AvgIpc) is 2.86. The number of likely N-dealkylation sites (N-methyl/N-ethyl adjacent to an activating group) is 1. The largest absolute Gasteiger partial charge is 0.367 e. The van der Waals surface area contributed by atoms with Gasteiger partial charge in [0, 0.05) is 17.6 Å². The first kappa shape index (κ1) is 14.8. The maximum Gasteiger partial charge on any atom is 0.191 e. The van der Waals surface area contributed by atoms with Crippen molar-refractivity contribution in [1.29, 1.82) is 0 Å². The minimum absolute atomic E-state index is 0.191. The molecule has 0 radical (unpaired) electrons. The van der Waals surface area contributed by atoms with Gasteiger partial charge in [0.2, 0.25) is 0 Å². The topological polar surface area (TPSA) is 20.3 Å². The van der Waals surface area contributed by atoms with Crippen LogP contribution in [0.1, 0.15) is 32.6 Å². The van der Waals surface area contributed by atoms with Gasteiger partial charge in [0.05, 0.1) is 11.4 Å². The first-order valence-electron chi connectivity index (χ1n) is 6.91. The maximum atomic E-state index is 12.3. The van der Waals surface area contributed by atoms with Gasteiger partial charge in [-0.2, -0.15) is 0 Å². The summed E-state index contributed by atoms with van der Waals surface area (Å²) in [6, 6.07) is 10.4. The second-order valence-corrected chi connectivity index (χ2v) is 6.41. The highest BCUT2D eigenvalue weighted by Gasteiger charge is 2.12. The van der Waals surface area contributed by atoms with Crippen molar-refractivity contribution in [3.05, 3.63) is 51.2 Å². The lowest BCUT2D eigenvalue weighted by Crippen LogP contribution is -2.25. The van der Waals surface area contributed by atoms with E-state index in [1.165, 1.54) is 16.0 Å². The van der Waals surface area contributed by atoms with Crippen LogP contribution in [-0.4, -0.2) is 19.4 Å². The second-order valence-electron chi connectivity index (χ2n) is 5.24. The summed E-state index contributed by atoms with van der Waals surface area (Å²) in [6.07, 6.45) is 0.991. The molecule has 1 aromatic heterocycles. The number of Topliss-reactive ketones (excluding diaryl/α,β-unsaturated/α-hetero) is 1. The normalized spacial score (nSPS) is 10.6. The van der Waals surface area contributed by atoms with Gasteiger partial charge in [-0.05, 0) is 55.7 Å². The Morgan fingerprint density at radius 3 is 2.35 bits per heavy atom. The molecule has 1 heterocycles. The fourth-order valence-electron chi connectivity index (χ4n) is 2.27. The van der Waals surface area contributed by atoms with Gasteiger partial charge in [0.25, 0.3) is 0 Å². The first-order valence-corrected chi connectivity index (χ1v) is 7.72. The minimum Gasteiger partial charge on any atom is -0.367 e. The van der Waals surface area contributed by atoms with Crippen LogP contribution < -0.4 is 4.90 Å². The van der Waals surface area contributed by atoms with Crippen LogP contribution >= 0.6 is 11.3 Å². The SMILES string of the molecule is CCc1ccc(C(=O)CN(C)c2cc(C)cc(C)c2)s1. The molecule has 0 atom stereocenters. The highest BCUT2D eigenvalue weighted by atomic mass is 32.1. The van der Waals surface area contributed by atoms with Crippen molar-refractivity contribution in [2.24, 2.45) is 0 Å². The van der Waals surface area contributed by atoms with Gasteiger partial charge in [-0.15, -0.1) is 11.3 Å². The molecule has 0 aliphatic rings. The van der Waals surface area contributed by atoms with Crippen molar-refractivity contribution in [2.45, 2.75) is 27.2 Å². The molecule has 1 aromatic carbocycles. The molecule has 0 aliphatic heterocycles. The molecular weight excluding hydrogens is 266 g/mol. The van der Waals surface area contributed by atoms with Crippen LogP contribution in [0.2, 0.25) is 0 Å². The highest BCUT2D eigenvalue weighted by molar-refractivity contribution is 7.14. The maximum absolute atomic E-state index is 12.3. The Hall–Kier alpha value is -1.61. The number of aryl methyl sites for hydroxylation is 3. The molecule has 106 valence electrons. The van der Waals surface area contributed by atoms with Crippen LogP contribution in [0.3, 0.4) is 0 Å². The summed E-state index contributed by atoms with van der Waals surface area (Å²) in [5.74, 6) is 0.191. The van der Waals surface area contributed by atoms with Crippen molar-refractivity contribution in [3.63, 3.8) is 0 Å². The Morgan fingerprint density at radius 1 is 1.15 bits per heavy atom. The van der Waals surface area contributed by atoms with E-state index < -0.39 is 0 Å². The zero-order chi connectivity index (χ0) is 14.7. The van der Waals surface area contributed by atoms with E-state index in [9.17, 15) is 4.79 Å². The van der Waals surface area contributed by atoms with E-state index in [0.29, 0.717) is 6.54 Å². The Bertz CT molecular complexity index is 595. The lowest BCUT2D eigenvalue weighted by Gasteiger charge is -2.19. The van der Waals surface area contributed by atoms with Crippen molar-refractivity contribution in [1.82, 2.24) is 0 Å². The number of carbonyl (C=O) groups is 1. The number of ketones is 1. The summed E-state index contributed by atoms with van der Waals surface area (Å²) >= 11 is 1.61. The molecule has 3 heteroatoms. The van der Waals surface area contributed by atoms with Gasteiger partial charge < -0.3 is 4.90 Å². The Kier molecular flexibility index (Phi) is 4.61.